The van der Waals surface area contributed by atoms with E-state index in [9.17, 15) is 18.4 Å². The molecule has 10 N–H and O–H groups in total. The Morgan fingerprint density at radius 2 is 1.12 bits per heavy atom. The molecule has 386 valence electrons. The van der Waals surface area contributed by atoms with Crippen LogP contribution in [0.5, 0.6) is 0 Å². The number of rotatable bonds is 15. The second-order valence-electron chi connectivity index (χ2n) is 18.9. The van der Waals surface area contributed by atoms with Crippen LogP contribution in [0.25, 0.3) is 56.1 Å². The van der Waals surface area contributed by atoms with E-state index in [1.165, 1.54) is 64.2 Å². The standard InChI is InChI=1S/C20H17FN8O.C17H15IN6O.3C4H9.C3H2FN2.Sn/c1-9-4-16(30)27-29-17(9)10-2-3-14-15(6-10)26-20(25-14)12-5-11(7-23-19(12)22)18-13(21)8-24-28-18;1-8-4-14(25)23-24-15(8)9-2-3-12-13(5-9)22-17(21-12)11-6-10(18)7-20-16(11)19;3*1-3-4-2;4-3-1-5-6-2-3;/h2-3,5-9H,4H2,1H3,(H2,22,23)(H,24,28)(H,25,26)(H,27,30);2-3,5-8H,4H2,1H3,(H2,19,20)(H,21,22)(H,23,25);3*1,3-4H2,2H3;1H,(H,5,6);. The zero-order chi connectivity index (χ0) is 52.5. The second kappa shape index (κ2) is 24.1. The van der Waals surface area contributed by atoms with Crippen LogP contribution in [0.2, 0.25) is 13.3 Å². The SMILES string of the molecule is CC1CC(=O)NN=C1c1ccc2nc(-c3cc(-c4[nH]ncc4F)cnc3N)[nH]c2c1.CC1CC(=O)NN=C1c1ccc2nc(-c3cc(I)cnc3N)[nH]c2c1.CCC[CH2][Sn]([CH2]CCC)([CH2]CCC)[c]1[nH]ncc1F. The van der Waals surface area contributed by atoms with E-state index in [1.54, 1.807) is 12.3 Å². The summed E-state index contributed by atoms with van der Waals surface area (Å²) in [6.07, 6.45) is 13.9. The van der Waals surface area contributed by atoms with Crippen molar-refractivity contribution in [3.05, 3.63) is 99.6 Å². The molecule has 2 unspecified atom stereocenters. The van der Waals surface area contributed by atoms with Gasteiger partial charge in [-0.1, -0.05) is 26.0 Å². The van der Waals surface area contributed by atoms with E-state index >= 15 is 0 Å². The van der Waals surface area contributed by atoms with Crippen LogP contribution in [0.1, 0.15) is 97.1 Å². The minimum atomic E-state index is -2.59. The molecule has 0 aliphatic carbocycles. The van der Waals surface area contributed by atoms with Crippen LogP contribution in [0, 0.1) is 27.0 Å². The molecule has 2 aromatic carbocycles. The first-order valence-corrected chi connectivity index (χ1v) is 33.6. The number of nitrogens with one attached hydrogen (secondary N) is 6. The van der Waals surface area contributed by atoms with Gasteiger partial charge in [-0.2, -0.15) is 15.3 Å². The summed E-state index contributed by atoms with van der Waals surface area (Å²) in [7, 11) is 0. The number of H-pyrrole nitrogens is 4. The van der Waals surface area contributed by atoms with Gasteiger partial charge in [0, 0.05) is 57.3 Å². The van der Waals surface area contributed by atoms with Crippen molar-refractivity contribution in [2.75, 3.05) is 11.5 Å². The van der Waals surface area contributed by atoms with Crippen LogP contribution >= 0.6 is 22.6 Å². The number of aromatic amines is 4. The van der Waals surface area contributed by atoms with Gasteiger partial charge in [0.05, 0.1) is 50.8 Å². The molecule has 2 amide bonds. The van der Waals surface area contributed by atoms with Crippen LogP contribution in [0.3, 0.4) is 0 Å². The second-order valence-corrected chi connectivity index (χ2v) is 33.2. The van der Waals surface area contributed by atoms with Crippen molar-refractivity contribution >= 4 is 102 Å². The fraction of sp³-hybridized carbons (Fsp3) is 0.346. The Morgan fingerprint density at radius 1 is 0.635 bits per heavy atom. The Labute approximate surface area is 444 Å². The van der Waals surface area contributed by atoms with Crippen LogP contribution in [-0.2, 0) is 9.59 Å². The fourth-order valence-corrected chi connectivity index (χ4v) is 25.5. The summed E-state index contributed by atoms with van der Waals surface area (Å²) in [6.45, 7) is 10.7. The number of aromatic nitrogens is 10. The number of imidazole rings is 2. The molecule has 0 fully saturated rings. The van der Waals surface area contributed by atoms with Crippen LogP contribution < -0.4 is 26.0 Å². The summed E-state index contributed by atoms with van der Waals surface area (Å²) in [5, 5.41) is 21.7. The van der Waals surface area contributed by atoms with Crippen molar-refractivity contribution < 1.29 is 18.4 Å². The van der Waals surface area contributed by atoms with Crippen molar-refractivity contribution in [2.24, 2.45) is 22.0 Å². The number of hydrazone groups is 2. The van der Waals surface area contributed by atoms with Crippen molar-refractivity contribution in [3.63, 3.8) is 0 Å². The number of nitrogen functional groups attached to an aromatic ring is 2. The summed E-state index contributed by atoms with van der Waals surface area (Å²) < 4.78 is 33.8. The Hall–Kier alpha value is -6.63. The molecule has 74 heavy (non-hydrogen) atoms. The first-order valence-electron chi connectivity index (χ1n) is 25.0. The van der Waals surface area contributed by atoms with Gasteiger partial charge in [0.1, 0.15) is 29.0 Å². The third kappa shape index (κ3) is 12.3. The number of nitrogens with zero attached hydrogens (tertiary/aromatic N) is 8. The average Bonchev–Trinajstić information content (AvgIpc) is 4.22. The average molecular weight is 1230 g/mol. The van der Waals surface area contributed by atoms with Crippen LogP contribution in [0.15, 0.2) is 83.5 Å². The van der Waals surface area contributed by atoms with E-state index in [2.05, 4.69) is 115 Å². The fourth-order valence-electron chi connectivity index (χ4n) is 9.45. The Bertz CT molecular complexity index is 3320. The number of nitrogens with two attached hydrogens (primary N) is 2. The minimum absolute atomic E-state index is 0.0134. The Balaban J connectivity index is 0.000000152. The maximum atomic E-state index is 14.1. The molecular formula is C52H61F2IN16O2Sn. The molecule has 0 saturated carbocycles. The van der Waals surface area contributed by atoms with E-state index in [0.29, 0.717) is 41.4 Å². The van der Waals surface area contributed by atoms with E-state index in [0.717, 1.165) is 63.7 Å². The molecule has 0 saturated heterocycles. The molecule has 2 aliphatic heterocycles. The summed E-state index contributed by atoms with van der Waals surface area (Å²) in [4.78, 5) is 47.1. The summed E-state index contributed by atoms with van der Waals surface area (Å²) in [5.74, 6) is 1.32. The Kier molecular flexibility index (Phi) is 17.5. The molecule has 2 atom stereocenters. The first kappa shape index (κ1) is 53.7. The monoisotopic (exact) mass is 1230 g/mol. The molecule has 0 spiro atoms. The molecule has 6 aromatic heterocycles. The number of benzene rings is 2. The van der Waals surface area contributed by atoms with Crippen molar-refractivity contribution in [1.29, 1.82) is 0 Å². The zero-order valence-corrected chi connectivity index (χ0v) is 47.1. The predicted molar refractivity (Wildman–Crippen MR) is 298 cm³/mol. The molecule has 0 bridgehead atoms. The molecule has 22 heteroatoms. The number of unbranched alkanes of at least 4 members (excludes halogenated alkanes) is 3. The summed E-state index contributed by atoms with van der Waals surface area (Å²) in [6, 6.07) is 15.3. The number of amides is 2. The van der Waals surface area contributed by atoms with Crippen LogP contribution in [0.4, 0.5) is 20.4 Å². The number of carbonyl (C=O) groups is 2. The molecular weight excluding hydrogens is 1160 g/mol. The summed E-state index contributed by atoms with van der Waals surface area (Å²) in [5.41, 5.74) is 26.0. The number of fused-ring (bicyclic) bond motifs is 2. The molecule has 2 aliphatic rings. The number of hydrogen-bond donors (Lipinski definition) is 8. The molecule has 0 radical (unpaired) electrons. The summed E-state index contributed by atoms with van der Waals surface area (Å²) >= 11 is -0.392. The molecule has 8 heterocycles. The van der Waals surface area contributed by atoms with Gasteiger partial charge >= 0.3 is 121 Å². The normalized spacial score (nSPS) is 15.7. The quantitative estimate of drug-likeness (QED) is 0.0355. The van der Waals surface area contributed by atoms with E-state index in [4.69, 9.17) is 11.5 Å². The van der Waals surface area contributed by atoms with Crippen LogP contribution in [-0.4, -0.2) is 91.9 Å². The van der Waals surface area contributed by atoms with Gasteiger partial charge in [-0.3, -0.25) is 14.7 Å². The number of anilines is 2. The topological polar surface area (TPSA) is 275 Å². The van der Waals surface area contributed by atoms with Gasteiger partial charge in [0.15, 0.2) is 5.82 Å². The van der Waals surface area contributed by atoms with E-state index < -0.39 is 24.2 Å². The van der Waals surface area contributed by atoms with Gasteiger partial charge in [-0.15, -0.1) is 0 Å². The van der Waals surface area contributed by atoms with Gasteiger partial charge in [0.25, 0.3) is 0 Å². The molecule has 10 rings (SSSR count). The van der Waals surface area contributed by atoms with Crippen molar-refractivity contribution in [1.82, 2.24) is 61.2 Å². The van der Waals surface area contributed by atoms with Gasteiger partial charge in [-0.05, 0) is 59.0 Å². The third-order valence-corrected chi connectivity index (χ3v) is 29.3. The van der Waals surface area contributed by atoms with Gasteiger partial charge < -0.3 is 21.4 Å². The Morgan fingerprint density at radius 3 is 1.58 bits per heavy atom. The first-order chi connectivity index (χ1) is 35.7. The van der Waals surface area contributed by atoms with Gasteiger partial charge in [-0.25, -0.2) is 35.2 Å². The van der Waals surface area contributed by atoms with Crippen molar-refractivity contribution in [3.8, 4) is 34.0 Å². The van der Waals surface area contributed by atoms with Crippen molar-refractivity contribution in [2.45, 2.75) is 99.3 Å². The molecule has 8 aromatic rings. The van der Waals surface area contributed by atoms with Gasteiger partial charge in [0.2, 0.25) is 11.8 Å². The molecule has 18 nitrogen and oxygen atoms in total. The van der Waals surface area contributed by atoms with E-state index in [1.807, 2.05) is 56.3 Å². The number of hydrogen-bond acceptors (Lipinski definition) is 12. The maximum absolute atomic E-state index is 14.1. The number of halogens is 3. The predicted octanol–water partition coefficient (Wildman–Crippen LogP) is 9.87. The zero-order valence-electron chi connectivity index (χ0n) is 42.0. The third-order valence-electron chi connectivity index (χ3n) is 13.4. The van der Waals surface area contributed by atoms with E-state index in [-0.39, 0.29) is 41.0 Å². The number of carbonyl (C=O) groups excluding carboxylic acids is 2. The number of pyridine rings is 2.